The van der Waals surface area contributed by atoms with Gasteiger partial charge in [-0.25, -0.2) is 4.79 Å². The van der Waals surface area contributed by atoms with Gasteiger partial charge >= 0.3 is 6.09 Å². The van der Waals surface area contributed by atoms with Crippen LogP contribution < -0.4 is 10.6 Å². The number of aromatic nitrogens is 1. The molecule has 0 saturated heterocycles. The Labute approximate surface area is 313 Å². The average Bonchev–Trinajstić information content (AvgIpc) is 3.13. The number of ketones is 1. The van der Waals surface area contributed by atoms with Crippen molar-refractivity contribution < 1.29 is 29.3 Å². The van der Waals surface area contributed by atoms with Gasteiger partial charge in [-0.05, 0) is 70.9 Å². The number of hydrogen-bond acceptors (Lipinski definition) is 9. The van der Waals surface area contributed by atoms with Gasteiger partial charge in [0.15, 0.2) is 5.78 Å². The number of nitrogens with zero attached hydrogens (tertiary/aromatic N) is 1. The molecule has 51 heavy (non-hydrogen) atoms. The maximum atomic E-state index is 13.0. The van der Waals surface area contributed by atoms with E-state index in [9.17, 15) is 19.5 Å². The van der Waals surface area contributed by atoms with Gasteiger partial charge < -0.3 is 25.6 Å². The van der Waals surface area contributed by atoms with Gasteiger partial charge in [-0.3, -0.25) is 14.6 Å². The zero-order chi connectivity index (χ0) is 37.4. The number of hydrogen-bond donors (Lipinski definition) is 4. The molecule has 4 N–H and O–H groups in total. The highest BCUT2D eigenvalue weighted by Crippen LogP contribution is 2.42. The number of Topliss-reactive ketones (excluding diaryl/α,β-unsaturated/α-hetero) is 1. The molecule has 0 aliphatic heterocycles. The van der Waals surface area contributed by atoms with Gasteiger partial charge in [-0.15, -0.1) is 0 Å². The summed E-state index contributed by atoms with van der Waals surface area (Å²) < 4.78 is 4.92. The second kappa shape index (κ2) is 30.3. The fraction of sp³-hybridized carbons (Fsp3) is 0.500. The Morgan fingerprint density at radius 3 is 2.04 bits per heavy atom. The number of aliphatic hydroxyl groups excluding tert-OH is 2. The monoisotopic (exact) mass is 741 g/mol. The molecule has 9 nitrogen and oxygen atoms in total. The smallest absolute Gasteiger partial charge is 0.407 e. The molecule has 0 bridgehead atoms. The Bertz CT molecular complexity index is 1280. The van der Waals surface area contributed by atoms with Crippen LogP contribution in [0.25, 0.3) is 0 Å². The van der Waals surface area contributed by atoms with E-state index in [1.54, 1.807) is 39.9 Å². The molecule has 2 amide bonds. The lowest BCUT2D eigenvalue weighted by molar-refractivity contribution is -0.120. The lowest BCUT2D eigenvalue weighted by Crippen LogP contribution is -2.38. The number of aliphatic hydroxyl groups is 2. The van der Waals surface area contributed by atoms with Crippen LogP contribution in [0.15, 0.2) is 97.4 Å². The maximum Gasteiger partial charge on any atom is 0.407 e. The quantitative estimate of drug-likeness (QED) is 0.0291. The van der Waals surface area contributed by atoms with E-state index in [-0.39, 0.29) is 37.2 Å². The van der Waals surface area contributed by atoms with E-state index in [1.807, 2.05) is 19.9 Å². The van der Waals surface area contributed by atoms with E-state index in [1.165, 1.54) is 6.20 Å². The van der Waals surface area contributed by atoms with Crippen LogP contribution in [0.3, 0.4) is 0 Å². The standard InChI is InChI=1S/C40H59N3O6S2/c1-4-5-6-7-8-9-10-11-12-13-14-15-16-17-18-19-20-21-22-25-38(47)42-27-28-50-51-40(2,3)35(29-37(46)34-24-23-26-41-30-34)33-49-39(48)43-31-36(45)32-44/h5-6,8-9,11-12,14-15,17-18,20-21,23-24,26,30,35-36,44-45H,4,7,10,13,16,19,22,25,27-29,31-33H2,1-3H3,(H,42,47)(H,43,48)/b6-5-,9-8-,12-11-,15-14-,18-17-,21-20-/t35-,36-/m1/s1. The molecular formula is C40H59N3O6S2. The van der Waals surface area contributed by atoms with Crippen molar-refractivity contribution in [1.29, 1.82) is 0 Å². The largest absolute Gasteiger partial charge is 0.449 e. The molecule has 282 valence electrons. The van der Waals surface area contributed by atoms with Gasteiger partial charge in [-0.1, -0.05) is 101 Å². The van der Waals surface area contributed by atoms with Gasteiger partial charge in [0, 0.05) is 60.3 Å². The van der Waals surface area contributed by atoms with Crippen molar-refractivity contribution in [3.63, 3.8) is 0 Å². The van der Waals surface area contributed by atoms with Crippen molar-refractivity contribution in [2.45, 2.75) is 89.4 Å². The van der Waals surface area contributed by atoms with Crippen molar-refractivity contribution in [2.75, 3.05) is 32.1 Å². The topological polar surface area (TPSA) is 138 Å². The van der Waals surface area contributed by atoms with Gasteiger partial charge in [-0.2, -0.15) is 0 Å². The fourth-order valence-corrected chi connectivity index (χ4v) is 6.98. The highest BCUT2D eigenvalue weighted by Gasteiger charge is 2.34. The van der Waals surface area contributed by atoms with Crippen LogP contribution in [0.1, 0.15) is 88.9 Å². The number of rotatable bonds is 28. The minimum Gasteiger partial charge on any atom is -0.449 e. The summed E-state index contributed by atoms with van der Waals surface area (Å²) in [7, 11) is 3.16. The zero-order valence-electron chi connectivity index (χ0n) is 30.6. The van der Waals surface area contributed by atoms with Crippen LogP contribution >= 0.6 is 21.6 Å². The third-order valence-electron chi connectivity index (χ3n) is 7.42. The summed E-state index contributed by atoms with van der Waals surface area (Å²) in [6.45, 7) is 6.01. The highest BCUT2D eigenvalue weighted by molar-refractivity contribution is 8.77. The Morgan fingerprint density at radius 2 is 1.49 bits per heavy atom. The van der Waals surface area contributed by atoms with Gasteiger partial charge in [0.05, 0.1) is 19.3 Å². The molecule has 0 aliphatic carbocycles. The number of pyridine rings is 1. The van der Waals surface area contributed by atoms with Gasteiger partial charge in [0.25, 0.3) is 0 Å². The molecular weight excluding hydrogens is 683 g/mol. The van der Waals surface area contributed by atoms with Crippen LogP contribution in [-0.2, 0) is 9.53 Å². The molecule has 1 rings (SSSR count). The van der Waals surface area contributed by atoms with E-state index in [2.05, 4.69) is 89.4 Å². The number of nitrogens with one attached hydrogen (secondary N) is 2. The number of amides is 2. The highest BCUT2D eigenvalue weighted by atomic mass is 33.1. The summed E-state index contributed by atoms with van der Waals surface area (Å²) in [6, 6.07) is 3.41. The first-order chi connectivity index (χ1) is 24.7. The number of allylic oxidation sites excluding steroid dienone is 12. The first-order valence-electron chi connectivity index (χ1n) is 17.8. The zero-order valence-corrected chi connectivity index (χ0v) is 32.2. The first-order valence-corrected chi connectivity index (χ1v) is 20.1. The summed E-state index contributed by atoms with van der Waals surface area (Å²) in [5.41, 5.74) is 0.484. The van der Waals surface area contributed by atoms with E-state index in [0.29, 0.717) is 30.7 Å². The lowest BCUT2D eigenvalue weighted by atomic mass is 9.89. The molecule has 0 aliphatic rings. The Kier molecular flexibility index (Phi) is 27.1. The molecule has 0 fully saturated rings. The van der Waals surface area contributed by atoms with E-state index in [4.69, 9.17) is 9.84 Å². The Morgan fingerprint density at radius 1 is 0.902 bits per heavy atom. The molecule has 2 atom stereocenters. The minimum atomic E-state index is -1.08. The minimum absolute atomic E-state index is 0.00469. The normalized spacial score (nSPS) is 13.7. The van der Waals surface area contributed by atoms with Crippen LogP contribution in [0.2, 0.25) is 0 Å². The number of alkyl carbamates (subject to hydrolysis) is 1. The summed E-state index contributed by atoms with van der Waals surface area (Å²) in [5, 5.41) is 23.8. The van der Waals surface area contributed by atoms with Crippen molar-refractivity contribution in [3.8, 4) is 0 Å². The van der Waals surface area contributed by atoms with Crippen molar-refractivity contribution >= 4 is 39.4 Å². The summed E-state index contributed by atoms with van der Waals surface area (Å²) >= 11 is 0. The van der Waals surface area contributed by atoms with Crippen LogP contribution in [0.5, 0.6) is 0 Å². The predicted molar refractivity (Wildman–Crippen MR) is 214 cm³/mol. The first kappa shape index (κ1) is 45.6. The Hall–Kier alpha value is -3.38. The van der Waals surface area contributed by atoms with Gasteiger partial charge in [0.2, 0.25) is 5.91 Å². The van der Waals surface area contributed by atoms with E-state index >= 15 is 0 Å². The molecule has 1 aromatic rings. The number of ether oxygens (including phenoxy) is 1. The molecule has 0 radical (unpaired) electrons. The molecule has 0 spiro atoms. The second-order valence-electron chi connectivity index (χ2n) is 12.2. The molecule has 1 heterocycles. The van der Waals surface area contributed by atoms with Crippen molar-refractivity contribution in [2.24, 2.45) is 5.92 Å². The third-order valence-corrected chi connectivity index (χ3v) is 10.8. The molecule has 0 unspecified atom stereocenters. The molecule has 0 aromatic carbocycles. The maximum absolute atomic E-state index is 13.0. The lowest BCUT2D eigenvalue weighted by Gasteiger charge is -2.32. The van der Waals surface area contributed by atoms with Crippen molar-refractivity contribution in [3.05, 3.63) is 103 Å². The average molecular weight is 742 g/mol. The summed E-state index contributed by atoms with van der Waals surface area (Å²) in [6.07, 6.45) is 34.3. The van der Waals surface area contributed by atoms with E-state index in [0.717, 1.165) is 38.5 Å². The number of carbonyl (C=O) groups is 3. The van der Waals surface area contributed by atoms with Crippen LogP contribution in [0, 0.1) is 5.92 Å². The SMILES string of the molecule is CC/C=C\C/C=C\C/C=C\C/C=C\C/C=C\C/C=C\CCC(=O)NCCSSC(C)(C)[C@@H](COC(=O)NC[C@@H](O)CO)CC(=O)c1cccnc1. The fourth-order valence-electron chi connectivity index (χ4n) is 4.30. The van der Waals surface area contributed by atoms with E-state index < -0.39 is 23.6 Å². The Balaban J connectivity index is 2.30. The molecule has 11 heteroatoms. The van der Waals surface area contributed by atoms with Crippen LogP contribution in [-0.4, -0.2) is 75.9 Å². The van der Waals surface area contributed by atoms with Gasteiger partial charge in [0.1, 0.15) is 0 Å². The van der Waals surface area contributed by atoms with Crippen molar-refractivity contribution in [1.82, 2.24) is 15.6 Å². The second-order valence-corrected chi connectivity index (χ2v) is 15.3. The summed E-state index contributed by atoms with van der Waals surface area (Å²) in [4.78, 5) is 41.5. The summed E-state index contributed by atoms with van der Waals surface area (Å²) in [5.74, 6) is 0.242. The van der Waals surface area contributed by atoms with Crippen LogP contribution in [0.4, 0.5) is 4.79 Å². The third kappa shape index (κ3) is 25.3. The number of carbonyl (C=O) groups excluding carboxylic acids is 3. The molecule has 0 saturated carbocycles. The predicted octanol–water partition coefficient (Wildman–Crippen LogP) is 8.10. The molecule has 1 aromatic heterocycles.